The zero-order valence-electron chi connectivity index (χ0n) is 33.2. The lowest BCUT2D eigenvalue weighted by Crippen LogP contribution is -2.35. The number of hydrogen-bond acceptors (Lipinski definition) is 7. The van der Waals surface area contributed by atoms with E-state index in [2.05, 4.69) is 198 Å². The van der Waals surface area contributed by atoms with E-state index < -0.39 is 0 Å². The fraction of sp³-hybridized carbons (Fsp3) is 0.0755. The second-order valence-electron chi connectivity index (χ2n) is 14.9. The number of benzene rings is 7. The minimum absolute atomic E-state index is 0.335. The summed E-state index contributed by atoms with van der Waals surface area (Å²) in [7, 11) is 2.07. The zero-order chi connectivity index (χ0) is 40.3. The highest BCUT2D eigenvalue weighted by Crippen LogP contribution is 2.38. The van der Waals surface area contributed by atoms with Crippen LogP contribution < -0.4 is 9.80 Å². The second-order valence-corrected chi connectivity index (χ2v) is 14.9. The van der Waals surface area contributed by atoms with Crippen LogP contribution in [0.2, 0.25) is 0 Å². The standard InChI is InChI=1S/C53H42N6O/c1-57-51(39-26-28-41(29-27-39)53-54-48-24-14-15-25-49(48)60-53)55-50(38-30-34-46(35-31-38)58(42-16-6-2-7-17-42)43-18-8-3-9-19-43)56-52(57)40-32-36-47(37-33-40)59(44-20-10-4-11-21-44)45-22-12-5-13-23-45/h2-13,15-23,25-37,52H,14,24H2,1H3. The first-order valence-corrected chi connectivity index (χ1v) is 20.3. The van der Waals surface area contributed by atoms with Gasteiger partial charge in [-0.2, -0.15) is 0 Å². The van der Waals surface area contributed by atoms with Gasteiger partial charge in [0.25, 0.3) is 0 Å². The first kappa shape index (κ1) is 36.6. The van der Waals surface area contributed by atoms with Crippen LogP contribution in [0.1, 0.15) is 40.7 Å². The highest BCUT2D eigenvalue weighted by Gasteiger charge is 2.28. The molecule has 0 saturated carbocycles. The van der Waals surface area contributed by atoms with E-state index in [1.807, 2.05) is 30.3 Å². The summed E-state index contributed by atoms with van der Waals surface area (Å²) in [6.45, 7) is 0. The number of hydrogen-bond donors (Lipinski definition) is 0. The Morgan fingerprint density at radius 1 is 0.517 bits per heavy atom. The molecule has 7 heteroatoms. The Balaban J connectivity index is 1.02. The molecule has 0 fully saturated rings. The van der Waals surface area contributed by atoms with Gasteiger partial charge in [-0.25, -0.2) is 15.0 Å². The summed E-state index contributed by atoms with van der Waals surface area (Å²) in [5, 5.41) is 0. The number of aliphatic imine (C=N–C) groups is 2. The molecule has 1 aromatic heterocycles. The molecule has 10 rings (SSSR count). The highest BCUT2D eigenvalue weighted by atomic mass is 16.4. The van der Waals surface area contributed by atoms with E-state index in [9.17, 15) is 0 Å². The Morgan fingerprint density at radius 3 is 1.47 bits per heavy atom. The minimum Gasteiger partial charge on any atom is -0.436 e. The molecule has 0 N–H and O–H groups in total. The van der Waals surface area contributed by atoms with E-state index in [0.717, 1.165) is 86.5 Å². The van der Waals surface area contributed by atoms with Gasteiger partial charge in [0.05, 0.1) is 5.69 Å². The summed E-state index contributed by atoms with van der Waals surface area (Å²) in [6, 6.07) is 67.4. The molecule has 7 aromatic carbocycles. The van der Waals surface area contributed by atoms with Crippen LogP contribution in [0.3, 0.4) is 0 Å². The quantitative estimate of drug-likeness (QED) is 0.138. The number of rotatable bonds is 10. The Labute approximate surface area is 350 Å². The molecular formula is C53H42N6O. The molecule has 2 aliphatic rings. The van der Waals surface area contributed by atoms with E-state index in [1.165, 1.54) is 0 Å². The SMILES string of the molecule is CN1C(c2ccc(-c3nc4c(o3)C=CCC4)cc2)=NC(c2ccc(N(c3ccccc3)c3ccccc3)cc2)=NC1c1ccc(N(c2ccccc2)c2ccccc2)cc1. The Kier molecular flexibility index (Phi) is 9.89. The molecule has 1 aliphatic carbocycles. The summed E-state index contributed by atoms with van der Waals surface area (Å²) in [5.41, 5.74) is 11.4. The van der Waals surface area contributed by atoms with Gasteiger partial charge in [0.2, 0.25) is 5.89 Å². The third-order valence-electron chi connectivity index (χ3n) is 11.0. The van der Waals surface area contributed by atoms with Crippen LogP contribution in [-0.4, -0.2) is 28.6 Å². The van der Waals surface area contributed by atoms with Crippen molar-refractivity contribution >= 4 is 51.9 Å². The Hall–Kier alpha value is -7.77. The largest absolute Gasteiger partial charge is 0.436 e. The van der Waals surface area contributed by atoms with Crippen LogP contribution >= 0.6 is 0 Å². The van der Waals surface area contributed by atoms with Crippen molar-refractivity contribution in [2.45, 2.75) is 19.0 Å². The maximum Gasteiger partial charge on any atom is 0.226 e. The summed E-state index contributed by atoms with van der Waals surface area (Å²) in [4.78, 5) is 22.1. The molecule has 60 heavy (non-hydrogen) atoms. The van der Waals surface area contributed by atoms with Crippen LogP contribution in [0.15, 0.2) is 215 Å². The van der Waals surface area contributed by atoms with Crippen molar-refractivity contribution in [2.75, 3.05) is 16.8 Å². The van der Waals surface area contributed by atoms with Crippen LogP contribution in [-0.2, 0) is 6.42 Å². The molecule has 0 radical (unpaired) electrons. The minimum atomic E-state index is -0.335. The summed E-state index contributed by atoms with van der Waals surface area (Å²) in [6.07, 6.45) is 5.71. The molecule has 2 heterocycles. The van der Waals surface area contributed by atoms with Crippen molar-refractivity contribution in [1.29, 1.82) is 0 Å². The molecule has 1 atom stereocenters. The van der Waals surface area contributed by atoms with Gasteiger partial charge in [0.1, 0.15) is 12.0 Å². The van der Waals surface area contributed by atoms with Gasteiger partial charge < -0.3 is 19.1 Å². The molecule has 1 unspecified atom stereocenters. The van der Waals surface area contributed by atoms with E-state index >= 15 is 0 Å². The number of allylic oxidation sites excluding steroid dienone is 1. The summed E-state index contributed by atoms with van der Waals surface area (Å²) >= 11 is 0. The van der Waals surface area contributed by atoms with Gasteiger partial charge >= 0.3 is 0 Å². The van der Waals surface area contributed by atoms with Crippen LogP contribution in [0, 0.1) is 0 Å². The summed E-state index contributed by atoms with van der Waals surface area (Å²) < 4.78 is 6.15. The number of nitrogens with zero attached hydrogens (tertiary/aromatic N) is 6. The van der Waals surface area contributed by atoms with E-state index in [1.54, 1.807) is 0 Å². The van der Waals surface area contributed by atoms with Crippen molar-refractivity contribution in [3.8, 4) is 11.5 Å². The van der Waals surface area contributed by atoms with Crippen molar-refractivity contribution in [3.63, 3.8) is 0 Å². The molecule has 7 nitrogen and oxygen atoms in total. The van der Waals surface area contributed by atoms with Gasteiger partial charge in [-0.3, -0.25) is 0 Å². The predicted octanol–water partition coefficient (Wildman–Crippen LogP) is 13.1. The lowest BCUT2D eigenvalue weighted by Gasteiger charge is -2.33. The Morgan fingerprint density at radius 2 is 0.967 bits per heavy atom. The first-order valence-electron chi connectivity index (χ1n) is 20.3. The third-order valence-corrected chi connectivity index (χ3v) is 11.0. The molecule has 0 amide bonds. The predicted molar refractivity (Wildman–Crippen MR) is 245 cm³/mol. The maximum atomic E-state index is 6.15. The van der Waals surface area contributed by atoms with Crippen LogP contribution in [0.5, 0.6) is 0 Å². The fourth-order valence-electron chi connectivity index (χ4n) is 7.96. The number of oxazole rings is 1. The zero-order valence-corrected chi connectivity index (χ0v) is 33.2. The first-order chi connectivity index (χ1) is 29.7. The smallest absolute Gasteiger partial charge is 0.226 e. The Bertz CT molecular complexity index is 2720. The molecular weight excluding hydrogens is 737 g/mol. The number of anilines is 6. The molecule has 8 aromatic rings. The van der Waals surface area contributed by atoms with Gasteiger partial charge in [-0.1, -0.05) is 103 Å². The van der Waals surface area contributed by atoms with Crippen LogP contribution in [0.4, 0.5) is 34.1 Å². The van der Waals surface area contributed by atoms with E-state index in [4.69, 9.17) is 19.4 Å². The normalized spacial score (nSPS) is 14.6. The molecule has 0 saturated heterocycles. The van der Waals surface area contributed by atoms with Crippen LogP contribution in [0.25, 0.3) is 17.5 Å². The van der Waals surface area contributed by atoms with Gasteiger partial charge in [0.15, 0.2) is 11.6 Å². The van der Waals surface area contributed by atoms with Gasteiger partial charge in [-0.05, 0) is 122 Å². The van der Waals surface area contributed by atoms with Gasteiger partial charge in [0, 0.05) is 57.9 Å². The average Bonchev–Trinajstić information content (AvgIpc) is 3.76. The molecule has 290 valence electrons. The lowest BCUT2D eigenvalue weighted by molar-refractivity contribution is 0.383. The van der Waals surface area contributed by atoms with Crippen molar-refractivity contribution in [2.24, 2.45) is 9.98 Å². The average molecular weight is 779 g/mol. The monoisotopic (exact) mass is 778 g/mol. The van der Waals surface area contributed by atoms with Gasteiger partial charge in [-0.15, -0.1) is 0 Å². The van der Waals surface area contributed by atoms with E-state index in [0.29, 0.717) is 11.7 Å². The fourth-order valence-corrected chi connectivity index (χ4v) is 7.96. The van der Waals surface area contributed by atoms with Crippen molar-refractivity contribution < 1.29 is 4.42 Å². The number of fused-ring (bicyclic) bond motifs is 1. The molecule has 1 aliphatic heterocycles. The number of aryl methyl sites for hydroxylation is 1. The number of aromatic nitrogens is 1. The number of amidine groups is 2. The maximum absolute atomic E-state index is 6.15. The number of para-hydroxylation sites is 4. The highest BCUT2D eigenvalue weighted by molar-refractivity contribution is 6.13. The lowest BCUT2D eigenvalue weighted by atomic mass is 10.1. The molecule has 0 spiro atoms. The van der Waals surface area contributed by atoms with E-state index in [-0.39, 0.29) is 6.17 Å². The molecule has 0 bridgehead atoms. The van der Waals surface area contributed by atoms with Crippen molar-refractivity contribution in [1.82, 2.24) is 9.88 Å². The van der Waals surface area contributed by atoms with Crippen molar-refractivity contribution in [3.05, 3.63) is 228 Å². The topological polar surface area (TPSA) is 60.5 Å². The summed E-state index contributed by atoms with van der Waals surface area (Å²) in [5.74, 6) is 2.98. The second kappa shape index (κ2) is 16.2. The third kappa shape index (κ3) is 7.29.